The molecular formula is C20H22N6O3. The number of carbonyl (C=O) groups excluding carboxylic acids is 2. The fourth-order valence-corrected chi connectivity index (χ4v) is 3.99. The Kier molecular flexibility index (Phi) is 3.77. The summed E-state index contributed by atoms with van der Waals surface area (Å²) in [5, 5.41) is 8.04. The van der Waals surface area contributed by atoms with Crippen LogP contribution in [0.1, 0.15) is 38.4 Å². The summed E-state index contributed by atoms with van der Waals surface area (Å²) in [6, 6.07) is 7.57. The number of rotatable bonds is 3. The van der Waals surface area contributed by atoms with Crippen LogP contribution in [0.3, 0.4) is 0 Å². The fourth-order valence-electron chi connectivity index (χ4n) is 3.99. The third kappa shape index (κ3) is 2.72. The molecule has 2 aromatic heterocycles. The number of piperazine rings is 1. The predicted molar refractivity (Wildman–Crippen MR) is 106 cm³/mol. The zero-order valence-electron chi connectivity index (χ0n) is 16.4. The zero-order valence-corrected chi connectivity index (χ0v) is 16.4. The summed E-state index contributed by atoms with van der Waals surface area (Å²) in [7, 11) is 0. The molecule has 1 saturated heterocycles. The monoisotopic (exact) mass is 394 g/mol. The van der Waals surface area contributed by atoms with Crippen molar-refractivity contribution in [1.29, 1.82) is 0 Å². The molecule has 29 heavy (non-hydrogen) atoms. The van der Waals surface area contributed by atoms with Gasteiger partial charge in [-0.15, -0.1) is 5.10 Å². The molecule has 0 radical (unpaired) electrons. The molecule has 0 unspecified atom stereocenters. The van der Waals surface area contributed by atoms with E-state index in [1.807, 2.05) is 24.3 Å². The maximum atomic E-state index is 13.1. The molecule has 2 amide bonds. The Bertz CT molecular complexity index is 1220. The van der Waals surface area contributed by atoms with Gasteiger partial charge in [-0.05, 0) is 38.8 Å². The Balaban J connectivity index is 1.59. The lowest BCUT2D eigenvalue weighted by Crippen LogP contribution is -2.64. The van der Waals surface area contributed by atoms with E-state index in [-0.39, 0.29) is 30.0 Å². The number of para-hydroxylation sites is 1. The van der Waals surface area contributed by atoms with Gasteiger partial charge in [0.2, 0.25) is 11.8 Å². The second-order valence-corrected chi connectivity index (χ2v) is 8.22. The third-order valence-corrected chi connectivity index (χ3v) is 5.83. The molecule has 1 aliphatic carbocycles. The highest BCUT2D eigenvalue weighted by Gasteiger charge is 2.40. The van der Waals surface area contributed by atoms with Crippen molar-refractivity contribution < 1.29 is 9.59 Å². The Morgan fingerprint density at radius 2 is 2.00 bits per heavy atom. The molecule has 9 nitrogen and oxygen atoms in total. The summed E-state index contributed by atoms with van der Waals surface area (Å²) in [4.78, 5) is 44.5. The molecule has 5 rings (SSSR count). The number of amides is 2. The van der Waals surface area contributed by atoms with Crippen molar-refractivity contribution in [3.05, 3.63) is 40.6 Å². The lowest BCUT2D eigenvalue weighted by Gasteiger charge is -2.41. The van der Waals surface area contributed by atoms with Crippen LogP contribution in [-0.2, 0) is 16.1 Å². The van der Waals surface area contributed by atoms with Gasteiger partial charge in [-0.25, -0.2) is 18.9 Å². The van der Waals surface area contributed by atoms with Gasteiger partial charge in [0.25, 0.3) is 0 Å². The number of nitrogens with zero attached hydrogens (tertiary/aromatic N) is 5. The molecule has 150 valence electrons. The third-order valence-electron chi connectivity index (χ3n) is 5.83. The van der Waals surface area contributed by atoms with E-state index in [9.17, 15) is 14.4 Å². The second kappa shape index (κ2) is 6.13. The summed E-state index contributed by atoms with van der Waals surface area (Å²) < 4.78 is 2.74. The number of carbonyl (C=O) groups is 2. The maximum absolute atomic E-state index is 13.1. The number of aromatic nitrogens is 4. The van der Waals surface area contributed by atoms with E-state index in [4.69, 9.17) is 4.98 Å². The second-order valence-electron chi connectivity index (χ2n) is 8.22. The number of hydrogen-bond acceptors (Lipinski definition) is 5. The van der Waals surface area contributed by atoms with Crippen molar-refractivity contribution >= 4 is 28.4 Å². The van der Waals surface area contributed by atoms with Crippen LogP contribution in [0.2, 0.25) is 0 Å². The normalized spacial score (nSPS) is 19.0. The van der Waals surface area contributed by atoms with Gasteiger partial charge in [0, 0.05) is 24.4 Å². The Morgan fingerprint density at radius 1 is 1.24 bits per heavy atom. The van der Waals surface area contributed by atoms with Crippen molar-refractivity contribution in [2.24, 2.45) is 0 Å². The Morgan fingerprint density at radius 3 is 2.76 bits per heavy atom. The quantitative estimate of drug-likeness (QED) is 0.703. The summed E-state index contributed by atoms with van der Waals surface area (Å²) in [5.41, 5.74) is -0.0242. The van der Waals surface area contributed by atoms with E-state index in [0.29, 0.717) is 24.6 Å². The average Bonchev–Trinajstić information content (AvgIpc) is 3.49. The standard InChI is InChI=1S/C20H22N6O3/c1-20(2)18(28)21-9-10-24(20)15(27)11-25-19(29)26-16(12-7-8-12)22-14-6-4-3-5-13(14)17(26)23-25/h3-6,12H,7-11H2,1-2H3,(H,21,28). The molecule has 1 aliphatic heterocycles. The first kappa shape index (κ1) is 17.8. The summed E-state index contributed by atoms with van der Waals surface area (Å²) >= 11 is 0. The maximum Gasteiger partial charge on any atom is 0.352 e. The fraction of sp³-hybridized carbons (Fsp3) is 0.450. The minimum Gasteiger partial charge on any atom is -0.352 e. The molecule has 1 aromatic carbocycles. The number of benzene rings is 1. The van der Waals surface area contributed by atoms with E-state index in [0.717, 1.165) is 23.7 Å². The molecule has 2 fully saturated rings. The van der Waals surface area contributed by atoms with Crippen molar-refractivity contribution in [3.63, 3.8) is 0 Å². The van der Waals surface area contributed by atoms with Crippen LogP contribution in [0.25, 0.3) is 16.6 Å². The molecule has 3 aromatic rings. The number of fused-ring (bicyclic) bond motifs is 3. The van der Waals surface area contributed by atoms with Gasteiger partial charge < -0.3 is 10.2 Å². The van der Waals surface area contributed by atoms with Gasteiger partial charge >= 0.3 is 5.69 Å². The van der Waals surface area contributed by atoms with Crippen molar-refractivity contribution in [1.82, 2.24) is 29.4 Å². The molecular weight excluding hydrogens is 372 g/mol. The minimum atomic E-state index is -0.967. The number of nitrogens with one attached hydrogen (secondary N) is 1. The highest BCUT2D eigenvalue weighted by molar-refractivity contribution is 5.92. The molecule has 2 aliphatic rings. The topological polar surface area (TPSA) is 102 Å². The van der Waals surface area contributed by atoms with Gasteiger partial charge in [-0.2, -0.15) is 0 Å². The molecule has 1 N–H and O–H groups in total. The van der Waals surface area contributed by atoms with Crippen LogP contribution in [-0.4, -0.2) is 54.5 Å². The van der Waals surface area contributed by atoms with Crippen molar-refractivity contribution in [3.8, 4) is 0 Å². The van der Waals surface area contributed by atoms with Crippen LogP contribution in [0.4, 0.5) is 0 Å². The van der Waals surface area contributed by atoms with E-state index in [2.05, 4.69) is 10.4 Å². The highest BCUT2D eigenvalue weighted by atomic mass is 16.2. The lowest BCUT2D eigenvalue weighted by molar-refractivity contribution is -0.149. The van der Waals surface area contributed by atoms with Crippen LogP contribution < -0.4 is 11.0 Å². The predicted octanol–water partition coefficient (Wildman–Crippen LogP) is 0.659. The Labute approximate surface area is 166 Å². The zero-order chi connectivity index (χ0) is 20.3. The number of hydrogen-bond donors (Lipinski definition) is 1. The van der Waals surface area contributed by atoms with E-state index >= 15 is 0 Å². The van der Waals surface area contributed by atoms with Crippen molar-refractivity contribution in [2.45, 2.75) is 44.7 Å². The van der Waals surface area contributed by atoms with Crippen LogP contribution >= 0.6 is 0 Å². The van der Waals surface area contributed by atoms with Crippen LogP contribution in [0, 0.1) is 0 Å². The first-order valence-electron chi connectivity index (χ1n) is 9.85. The van der Waals surface area contributed by atoms with Gasteiger partial charge in [0.15, 0.2) is 5.65 Å². The first-order valence-corrected chi connectivity index (χ1v) is 9.85. The molecule has 0 spiro atoms. The highest BCUT2D eigenvalue weighted by Crippen LogP contribution is 2.39. The summed E-state index contributed by atoms with van der Waals surface area (Å²) in [6.45, 7) is 3.99. The average molecular weight is 394 g/mol. The lowest BCUT2D eigenvalue weighted by atomic mass is 9.99. The SMILES string of the molecule is CC1(C)C(=O)NCCN1C(=O)Cn1nc2c3ccccc3nc(C3CC3)n2c1=O. The van der Waals surface area contributed by atoms with Crippen LogP contribution in [0.5, 0.6) is 0 Å². The van der Waals surface area contributed by atoms with Crippen molar-refractivity contribution in [2.75, 3.05) is 13.1 Å². The Hall–Kier alpha value is -3.23. The van der Waals surface area contributed by atoms with Gasteiger partial charge in [-0.1, -0.05) is 12.1 Å². The van der Waals surface area contributed by atoms with Gasteiger partial charge in [0.05, 0.1) is 5.52 Å². The summed E-state index contributed by atoms with van der Waals surface area (Å²) in [5.74, 6) is 0.448. The largest absolute Gasteiger partial charge is 0.352 e. The minimum absolute atomic E-state index is 0.203. The smallest absolute Gasteiger partial charge is 0.352 e. The summed E-state index contributed by atoms with van der Waals surface area (Å²) in [6.07, 6.45) is 1.99. The van der Waals surface area contributed by atoms with Gasteiger partial charge in [-0.3, -0.25) is 9.59 Å². The molecule has 0 bridgehead atoms. The molecule has 3 heterocycles. The first-order chi connectivity index (χ1) is 13.9. The molecule has 0 atom stereocenters. The molecule has 1 saturated carbocycles. The van der Waals surface area contributed by atoms with E-state index < -0.39 is 5.54 Å². The van der Waals surface area contributed by atoms with E-state index in [1.54, 1.807) is 18.2 Å². The van der Waals surface area contributed by atoms with E-state index in [1.165, 1.54) is 9.58 Å². The van der Waals surface area contributed by atoms with Crippen LogP contribution in [0.15, 0.2) is 29.1 Å². The van der Waals surface area contributed by atoms with Gasteiger partial charge in [0.1, 0.15) is 17.9 Å². The molecule has 9 heteroatoms.